The highest BCUT2D eigenvalue weighted by atomic mass is 28.4. The van der Waals surface area contributed by atoms with Crippen LogP contribution in [0.4, 0.5) is 0 Å². The molecule has 1 aromatic heterocycles. The van der Waals surface area contributed by atoms with Gasteiger partial charge in [-0.25, -0.2) is 0 Å². The van der Waals surface area contributed by atoms with Gasteiger partial charge in [0.2, 0.25) is 8.32 Å². The minimum atomic E-state index is -1.83. The summed E-state index contributed by atoms with van der Waals surface area (Å²) in [5, 5.41) is 11.5. The first kappa shape index (κ1) is 22.9. The van der Waals surface area contributed by atoms with Gasteiger partial charge in [0.25, 0.3) is 0 Å². The van der Waals surface area contributed by atoms with Gasteiger partial charge >= 0.3 is 0 Å². The molecule has 32 heavy (non-hydrogen) atoms. The van der Waals surface area contributed by atoms with E-state index in [0.717, 1.165) is 19.4 Å². The molecular weight excluding hydrogens is 410 g/mol. The molecule has 0 bridgehead atoms. The molecule has 2 aliphatic rings. The molecule has 4 rings (SSSR count). The van der Waals surface area contributed by atoms with Crippen LogP contribution >= 0.6 is 0 Å². The maximum absolute atomic E-state index is 10.0. The summed E-state index contributed by atoms with van der Waals surface area (Å²) in [7, 11) is 0.357. The van der Waals surface area contributed by atoms with Gasteiger partial charge in [0, 0.05) is 42.5 Å². The molecule has 0 aliphatic carbocycles. The number of allylic oxidation sites excluding steroid dienone is 2. The molecule has 2 aliphatic heterocycles. The van der Waals surface area contributed by atoms with Crippen LogP contribution in [0.3, 0.4) is 0 Å². The van der Waals surface area contributed by atoms with E-state index in [1.807, 2.05) is 6.26 Å². The van der Waals surface area contributed by atoms with Crippen molar-refractivity contribution in [3.8, 4) is 6.07 Å². The van der Waals surface area contributed by atoms with Gasteiger partial charge in [0.15, 0.2) is 0 Å². The second kappa shape index (κ2) is 8.24. The Morgan fingerprint density at radius 1 is 1.22 bits per heavy atom. The van der Waals surface area contributed by atoms with Gasteiger partial charge in [-0.15, -0.1) is 0 Å². The number of hydrogen-bond donors (Lipinski definition) is 0. The van der Waals surface area contributed by atoms with E-state index >= 15 is 0 Å². The standard InChI is InChI=1S/C27H37N3OSi/c1-8-19-18-30-21(17-28)16-23-22-11-9-10-12-24(22)29(5)26(23)25(30)15-20(19)13-14-31-32(6,7)27(2,3)4/h8-14,20-21,25H,15-16,18H2,1-7H3/b14-13+,19-8-/t20-,21+,25-/m0/s1. The largest absolute Gasteiger partial charge is 0.549 e. The van der Waals surface area contributed by atoms with Gasteiger partial charge in [-0.2, -0.15) is 5.26 Å². The molecule has 0 unspecified atom stereocenters. The molecule has 1 saturated heterocycles. The summed E-state index contributed by atoms with van der Waals surface area (Å²) in [6, 6.07) is 11.4. The topological polar surface area (TPSA) is 41.2 Å². The number of piperidine rings is 1. The lowest BCUT2D eigenvalue weighted by Crippen LogP contribution is -2.48. The predicted octanol–water partition coefficient (Wildman–Crippen LogP) is 6.47. The Kier molecular flexibility index (Phi) is 5.89. The molecule has 0 saturated carbocycles. The Balaban J connectivity index is 1.69. The number of para-hydroxylation sites is 1. The van der Waals surface area contributed by atoms with Gasteiger partial charge in [-0.05, 0) is 49.2 Å². The molecule has 0 N–H and O–H groups in total. The number of aromatic nitrogens is 1. The van der Waals surface area contributed by atoms with Crippen LogP contribution in [0.2, 0.25) is 18.1 Å². The highest BCUT2D eigenvalue weighted by Crippen LogP contribution is 2.46. The van der Waals surface area contributed by atoms with Crippen molar-refractivity contribution in [1.29, 1.82) is 5.26 Å². The van der Waals surface area contributed by atoms with E-state index < -0.39 is 8.32 Å². The maximum atomic E-state index is 10.0. The first-order valence-electron chi connectivity index (χ1n) is 11.8. The third-order valence-electron chi connectivity index (χ3n) is 8.09. The van der Waals surface area contributed by atoms with Gasteiger partial charge in [0.05, 0.1) is 18.4 Å². The molecule has 1 fully saturated rings. The Bertz CT molecular complexity index is 1110. The monoisotopic (exact) mass is 447 g/mol. The second-order valence-corrected chi connectivity index (χ2v) is 15.6. The summed E-state index contributed by atoms with van der Waals surface area (Å²) < 4.78 is 8.73. The first-order chi connectivity index (χ1) is 15.1. The van der Waals surface area contributed by atoms with E-state index in [0.29, 0.717) is 5.92 Å². The van der Waals surface area contributed by atoms with E-state index in [-0.39, 0.29) is 17.1 Å². The summed E-state index contributed by atoms with van der Waals surface area (Å²) in [5.74, 6) is 0.328. The Morgan fingerprint density at radius 2 is 1.94 bits per heavy atom. The molecular formula is C27H37N3OSi. The van der Waals surface area contributed by atoms with Crippen LogP contribution in [-0.2, 0) is 17.9 Å². The number of hydrogen-bond acceptors (Lipinski definition) is 3. The molecule has 5 heteroatoms. The molecule has 4 nitrogen and oxygen atoms in total. The molecule has 0 amide bonds. The summed E-state index contributed by atoms with van der Waals surface area (Å²) in [4.78, 5) is 2.43. The van der Waals surface area contributed by atoms with Crippen molar-refractivity contribution in [1.82, 2.24) is 9.47 Å². The molecule has 0 radical (unpaired) electrons. The Hall–Kier alpha value is -2.29. The van der Waals surface area contributed by atoms with Gasteiger partial charge in [0.1, 0.15) is 6.04 Å². The molecule has 1 aromatic carbocycles. The zero-order chi connectivity index (χ0) is 23.3. The van der Waals surface area contributed by atoms with Crippen molar-refractivity contribution in [2.45, 2.75) is 70.8 Å². The van der Waals surface area contributed by atoms with Crippen molar-refractivity contribution in [3.63, 3.8) is 0 Å². The highest BCUT2D eigenvalue weighted by Gasteiger charge is 2.43. The average Bonchev–Trinajstić information content (AvgIpc) is 3.04. The van der Waals surface area contributed by atoms with Crippen LogP contribution in [0.5, 0.6) is 0 Å². The van der Waals surface area contributed by atoms with Crippen molar-refractivity contribution in [2.24, 2.45) is 13.0 Å². The fourth-order valence-corrected chi connectivity index (χ4v) is 5.88. The third kappa shape index (κ3) is 3.74. The lowest BCUT2D eigenvalue weighted by atomic mass is 9.80. The number of aryl methyl sites for hydroxylation is 1. The molecule has 3 heterocycles. The minimum absolute atomic E-state index is 0.0818. The first-order valence-corrected chi connectivity index (χ1v) is 14.7. The number of fused-ring (bicyclic) bond motifs is 5. The lowest BCUT2D eigenvalue weighted by Gasteiger charge is -2.46. The van der Waals surface area contributed by atoms with Crippen LogP contribution in [-0.4, -0.2) is 30.4 Å². The van der Waals surface area contributed by atoms with Crippen LogP contribution in [0.15, 0.2) is 48.3 Å². The Morgan fingerprint density at radius 3 is 2.59 bits per heavy atom. The smallest absolute Gasteiger partial charge is 0.249 e. The minimum Gasteiger partial charge on any atom is -0.549 e. The average molecular weight is 448 g/mol. The maximum Gasteiger partial charge on any atom is 0.249 e. The quantitative estimate of drug-likeness (QED) is 0.307. The zero-order valence-corrected chi connectivity index (χ0v) is 21.6. The van der Waals surface area contributed by atoms with E-state index in [1.165, 1.54) is 27.7 Å². The summed E-state index contributed by atoms with van der Waals surface area (Å²) in [6.07, 6.45) is 8.27. The number of benzene rings is 1. The number of nitriles is 1. The summed E-state index contributed by atoms with van der Waals surface area (Å²) in [6.45, 7) is 14.4. The molecule has 2 aromatic rings. The third-order valence-corrected chi connectivity index (χ3v) is 12.4. The van der Waals surface area contributed by atoms with Crippen molar-refractivity contribution < 1.29 is 4.43 Å². The predicted molar refractivity (Wildman–Crippen MR) is 135 cm³/mol. The fourth-order valence-electron chi connectivity index (χ4n) is 5.11. The fraction of sp³-hybridized carbons (Fsp3) is 0.519. The molecule has 0 spiro atoms. The summed E-state index contributed by atoms with van der Waals surface area (Å²) >= 11 is 0. The van der Waals surface area contributed by atoms with Crippen LogP contribution in [0.1, 0.15) is 51.4 Å². The SMILES string of the molecule is C/C=C1/CN2[C@@H](C#N)Cc3c(n(C)c4ccccc34)[C@@H]2C[C@@H]1/C=C/O[Si](C)(C)C(C)(C)C. The van der Waals surface area contributed by atoms with Crippen LogP contribution in [0, 0.1) is 17.2 Å². The van der Waals surface area contributed by atoms with Gasteiger partial charge < -0.3 is 8.99 Å². The summed E-state index contributed by atoms with van der Waals surface area (Å²) in [5.41, 5.74) is 5.40. The Labute approximate surface area is 194 Å². The lowest BCUT2D eigenvalue weighted by molar-refractivity contribution is 0.114. The molecule has 170 valence electrons. The number of rotatable bonds is 3. The van der Waals surface area contributed by atoms with E-state index in [4.69, 9.17) is 4.43 Å². The van der Waals surface area contributed by atoms with E-state index in [1.54, 1.807) is 0 Å². The molecule has 3 atom stereocenters. The highest BCUT2D eigenvalue weighted by molar-refractivity contribution is 6.74. The van der Waals surface area contributed by atoms with E-state index in [9.17, 15) is 5.26 Å². The number of nitrogens with zero attached hydrogens (tertiary/aromatic N) is 3. The zero-order valence-electron chi connectivity index (χ0n) is 20.6. The van der Waals surface area contributed by atoms with Crippen LogP contribution < -0.4 is 0 Å². The van der Waals surface area contributed by atoms with Crippen LogP contribution in [0.25, 0.3) is 10.9 Å². The van der Waals surface area contributed by atoms with E-state index in [2.05, 4.69) is 99.8 Å². The van der Waals surface area contributed by atoms with Crippen molar-refractivity contribution >= 4 is 19.2 Å². The van der Waals surface area contributed by atoms with Gasteiger partial charge in [-0.1, -0.05) is 50.6 Å². The van der Waals surface area contributed by atoms with Gasteiger partial charge in [-0.3, -0.25) is 4.90 Å². The normalized spacial score (nSPS) is 25.7. The second-order valence-electron chi connectivity index (χ2n) is 10.9. The van der Waals surface area contributed by atoms with Crippen molar-refractivity contribution in [2.75, 3.05) is 6.54 Å². The van der Waals surface area contributed by atoms with Crippen molar-refractivity contribution in [3.05, 3.63) is 59.5 Å².